The van der Waals surface area contributed by atoms with E-state index in [0.29, 0.717) is 11.8 Å². The maximum atomic E-state index is 11.7. The Kier molecular flexibility index (Phi) is 4.26. The zero-order chi connectivity index (χ0) is 15.5. The van der Waals surface area contributed by atoms with E-state index in [1.54, 1.807) is 27.7 Å². The van der Waals surface area contributed by atoms with E-state index in [1.165, 1.54) is 0 Å². The Morgan fingerprint density at radius 2 is 1.90 bits per heavy atom. The van der Waals surface area contributed by atoms with Crippen LogP contribution in [0.1, 0.15) is 39.6 Å². The summed E-state index contributed by atoms with van der Waals surface area (Å²) in [6, 6.07) is 9.02. The quantitative estimate of drug-likeness (QED) is 0.937. The molecule has 1 heterocycles. The van der Waals surface area contributed by atoms with Gasteiger partial charge in [-0.3, -0.25) is 0 Å². The van der Waals surface area contributed by atoms with Crippen molar-refractivity contribution in [3.8, 4) is 11.5 Å². The molecule has 112 valence electrons. The maximum absolute atomic E-state index is 11.7. The summed E-state index contributed by atoms with van der Waals surface area (Å²) in [6.07, 6.45) is -0.519. The van der Waals surface area contributed by atoms with Crippen molar-refractivity contribution in [2.45, 2.75) is 39.3 Å². The molecule has 1 aromatic heterocycles. The number of hydrogen-bond donors (Lipinski definition) is 1. The maximum Gasteiger partial charge on any atom is 0.408 e. The van der Waals surface area contributed by atoms with Crippen molar-refractivity contribution < 1.29 is 13.9 Å². The van der Waals surface area contributed by atoms with Crippen molar-refractivity contribution in [1.29, 1.82) is 0 Å². The Labute approximate surface area is 123 Å². The van der Waals surface area contributed by atoms with E-state index in [4.69, 9.17) is 9.15 Å². The average molecular weight is 289 g/mol. The number of benzene rings is 1. The Hall–Kier alpha value is -2.37. The summed E-state index contributed by atoms with van der Waals surface area (Å²) in [6.45, 7) is 7.17. The molecule has 0 radical (unpaired) electrons. The largest absolute Gasteiger partial charge is 0.444 e. The van der Waals surface area contributed by atoms with Crippen LogP contribution in [0.2, 0.25) is 0 Å². The first-order valence-corrected chi connectivity index (χ1v) is 6.73. The van der Waals surface area contributed by atoms with Crippen LogP contribution in [0.5, 0.6) is 0 Å². The van der Waals surface area contributed by atoms with Gasteiger partial charge >= 0.3 is 6.09 Å². The fourth-order valence-electron chi connectivity index (χ4n) is 1.65. The molecule has 0 saturated carbocycles. The molecule has 6 heteroatoms. The van der Waals surface area contributed by atoms with Crippen molar-refractivity contribution in [3.63, 3.8) is 0 Å². The molecule has 0 saturated heterocycles. The van der Waals surface area contributed by atoms with Crippen LogP contribution in [0.25, 0.3) is 11.5 Å². The SMILES string of the molecule is C[C@@H](NC(=O)OC(C)(C)C)c1nnc(-c2ccccc2)o1. The highest BCUT2D eigenvalue weighted by atomic mass is 16.6. The summed E-state index contributed by atoms with van der Waals surface area (Å²) in [5, 5.41) is 10.6. The lowest BCUT2D eigenvalue weighted by atomic mass is 10.2. The number of carbonyl (C=O) groups is 1. The first-order chi connectivity index (χ1) is 9.85. The topological polar surface area (TPSA) is 77.2 Å². The van der Waals surface area contributed by atoms with E-state index in [9.17, 15) is 4.79 Å². The van der Waals surface area contributed by atoms with Gasteiger partial charge in [0.25, 0.3) is 0 Å². The van der Waals surface area contributed by atoms with Gasteiger partial charge in [0.05, 0.1) is 0 Å². The van der Waals surface area contributed by atoms with Gasteiger partial charge in [-0.1, -0.05) is 18.2 Å². The monoisotopic (exact) mass is 289 g/mol. The predicted octanol–water partition coefficient (Wildman–Crippen LogP) is 3.32. The first-order valence-electron chi connectivity index (χ1n) is 6.73. The highest BCUT2D eigenvalue weighted by Crippen LogP contribution is 2.20. The third-order valence-corrected chi connectivity index (χ3v) is 2.57. The molecule has 2 rings (SSSR count). The van der Waals surface area contributed by atoms with Gasteiger partial charge < -0.3 is 14.5 Å². The number of nitrogens with one attached hydrogen (secondary N) is 1. The molecule has 0 aliphatic heterocycles. The minimum atomic E-state index is -0.548. The summed E-state index contributed by atoms with van der Waals surface area (Å²) in [5.41, 5.74) is 0.286. The molecule has 0 unspecified atom stereocenters. The minimum Gasteiger partial charge on any atom is -0.444 e. The number of nitrogens with zero attached hydrogens (tertiary/aromatic N) is 2. The second-order valence-corrected chi connectivity index (χ2v) is 5.68. The molecule has 21 heavy (non-hydrogen) atoms. The Morgan fingerprint density at radius 1 is 1.24 bits per heavy atom. The molecule has 0 fully saturated rings. The third-order valence-electron chi connectivity index (χ3n) is 2.57. The van der Waals surface area contributed by atoms with E-state index < -0.39 is 17.7 Å². The zero-order valence-corrected chi connectivity index (χ0v) is 12.6. The van der Waals surface area contributed by atoms with Crippen LogP contribution >= 0.6 is 0 Å². The van der Waals surface area contributed by atoms with Crippen molar-refractivity contribution in [1.82, 2.24) is 15.5 Å². The van der Waals surface area contributed by atoms with Gasteiger partial charge in [0.2, 0.25) is 11.8 Å². The van der Waals surface area contributed by atoms with E-state index >= 15 is 0 Å². The van der Waals surface area contributed by atoms with Gasteiger partial charge in [-0.25, -0.2) is 4.79 Å². The van der Waals surface area contributed by atoms with Crippen LogP contribution in [0, 0.1) is 0 Å². The van der Waals surface area contributed by atoms with Crippen LogP contribution in [-0.4, -0.2) is 21.9 Å². The Morgan fingerprint density at radius 3 is 2.52 bits per heavy atom. The number of hydrogen-bond acceptors (Lipinski definition) is 5. The van der Waals surface area contributed by atoms with Gasteiger partial charge in [-0.15, -0.1) is 10.2 Å². The molecule has 1 N–H and O–H groups in total. The summed E-state index contributed by atoms with van der Waals surface area (Å²) < 4.78 is 10.8. The number of carbonyl (C=O) groups excluding carboxylic acids is 1. The van der Waals surface area contributed by atoms with Crippen molar-refractivity contribution in [2.75, 3.05) is 0 Å². The lowest BCUT2D eigenvalue weighted by Gasteiger charge is -2.20. The van der Waals surface area contributed by atoms with Crippen LogP contribution in [0.3, 0.4) is 0 Å². The second-order valence-electron chi connectivity index (χ2n) is 5.68. The van der Waals surface area contributed by atoms with Crippen LogP contribution in [-0.2, 0) is 4.74 Å². The summed E-state index contributed by atoms with van der Waals surface area (Å²) in [5.74, 6) is 0.753. The van der Waals surface area contributed by atoms with Gasteiger partial charge in [-0.2, -0.15) is 0 Å². The number of amides is 1. The average Bonchev–Trinajstić information content (AvgIpc) is 2.87. The Bertz CT molecular complexity index is 602. The molecule has 0 aliphatic carbocycles. The van der Waals surface area contributed by atoms with Gasteiger partial charge in [0.1, 0.15) is 11.6 Å². The van der Waals surface area contributed by atoms with Gasteiger partial charge in [-0.05, 0) is 39.8 Å². The molecule has 0 bridgehead atoms. The zero-order valence-electron chi connectivity index (χ0n) is 12.6. The number of aromatic nitrogens is 2. The number of alkyl carbamates (subject to hydrolysis) is 1. The van der Waals surface area contributed by atoms with Crippen molar-refractivity contribution >= 4 is 6.09 Å². The lowest BCUT2D eigenvalue weighted by Crippen LogP contribution is -2.34. The standard InChI is InChI=1S/C15H19N3O3/c1-10(16-14(19)21-15(2,3)4)12-17-18-13(20-12)11-8-6-5-7-9-11/h5-10H,1-4H3,(H,16,19)/t10-/m1/s1. The van der Waals surface area contributed by atoms with E-state index in [1.807, 2.05) is 30.3 Å². The molecule has 0 spiro atoms. The van der Waals surface area contributed by atoms with E-state index in [0.717, 1.165) is 5.56 Å². The smallest absolute Gasteiger partial charge is 0.408 e. The number of rotatable bonds is 3. The fraction of sp³-hybridized carbons (Fsp3) is 0.400. The molecule has 2 aromatic rings. The summed E-state index contributed by atoms with van der Waals surface area (Å²) in [7, 11) is 0. The van der Waals surface area contributed by atoms with Crippen LogP contribution in [0.4, 0.5) is 4.79 Å². The molecular formula is C15H19N3O3. The van der Waals surface area contributed by atoms with Crippen LogP contribution in [0.15, 0.2) is 34.7 Å². The van der Waals surface area contributed by atoms with Gasteiger partial charge in [0.15, 0.2) is 0 Å². The normalized spacial score (nSPS) is 12.8. The minimum absolute atomic E-state index is 0.333. The molecule has 1 amide bonds. The molecule has 0 aliphatic rings. The second kappa shape index (κ2) is 5.95. The summed E-state index contributed by atoms with van der Waals surface area (Å²) in [4.78, 5) is 11.7. The number of ether oxygens (including phenoxy) is 1. The van der Waals surface area contributed by atoms with Gasteiger partial charge in [0, 0.05) is 5.56 Å². The predicted molar refractivity (Wildman–Crippen MR) is 77.5 cm³/mol. The van der Waals surface area contributed by atoms with Crippen molar-refractivity contribution in [2.24, 2.45) is 0 Å². The molecular weight excluding hydrogens is 270 g/mol. The fourth-order valence-corrected chi connectivity index (χ4v) is 1.65. The van der Waals surface area contributed by atoms with E-state index in [-0.39, 0.29) is 0 Å². The lowest BCUT2D eigenvalue weighted by molar-refractivity contribution is 0.0501. The van der Waals surface area contributed by atoms with Crippen LogP contribution < -0.4 is 5.32 Å². The molecule has 6 nitrogen and oxygen atoms in total. The highest BCUT2D eigenvalue weighted by Gasteiger charge is 2.21. The Balaban J connectivity index is 2.03. The first kappa shape index (κ1) is 15.0. The molecule has 1 aromatic carbocycles. The van der Waals surface area contributed by atoms with Crippen molar-refractivity contribution in [3.05, 3.63) is 36.2 Å². The highest BCUT2D eigenvalue weighted by molar-refractivity contribution is 5.68. The van der Waals surface area contributed by atoms with E-state index in [2.05, 4.69) is 15.5 Å². The molecule has 1 atom stereocenters. The summed E-state index contributed by atoms with van der Waals surface area (Å²) >= 11 is 0. The third kappa shape index (κ3) is 4.30.